The van der Waals surface area contributed by atoms with Crippen LogP contribution in [-0.4, -0.2) is 0 Å². The standard InChI is InChI=1S/C4H7Cl.C4H6/c1-2-3-4-5;1-3-4-2/h3-4H,2H2,1H3;3-4H,1-2H2/b4-3+;. The summed E-state index contributed by atoms with van der Waals surface area (Å²) in [6.07, 6.45) is 6.20. The topological polar surface area (TPSA) is 0 Å². The maximum atomic E-state index is 5.12. The van der Waals surface area contributed by atoms with Crippen LogP contribution in [0, 0.1) is 0 Å². The molecule has 0 aliphatic heterocycles. The number of hydrogen-bond donors (Lipinski definition) is 0. The van der Waals surface area contributed by atoms with Gasteiger partial charge in [0.1, 0.15) is 0 Å². The Hall–Kier alpha value is -0.490. The van der Waals surface area contributed by atoms with Crippen molar-refractivity contribution in [2.45, 2.75) is 13.3 Å². The van der Waals surface area contributed by atoms with Gasteiger partial charge in [-0.15, -0.1) is 0 Å². The zero-order valence-electron chi connectivity index (χ0n) is 5.81. The molecule has 0 aromatic carbocycles. The Morgan fingerprint density at radius 2 is 1.78 bits per heavy atom. The van der Waals surface area contributed by atoms with Crippen molar-refractivity contribution in [1.29, 1.82) is 0 Å². The third kappa shape index (κ3) is 36.2. The fourth-order valence-electron chi connectivity index (χ4n) is 0.0891. The van der Waals surface area contributed by atoms with Crippen molar-refractivity contribution in [3.63, 3.8) is 0 Å². The summed E-state index contributed by atoms with van der Waals surface area (Å²) in [6.45, 7) is 8.76. The summed E-state index contributed by atoms with van der Waals surface area (Å²) in [6, 6.07) is 0. The first-order chi connectivity index (χ1) is 4.33. The van der Waals surface area contributed by atoms with Crippen molar-refractivity contribution in [2.24, 2.45) is 0 Å². The average Bonchev–Trinajstić information content (AvgIpc) is 1.91. The van der Waals surface area contributed by atoms with Crippen LogP contribution in [0.2, 0.25) is 0 Å². The summed E-state index contributed by atoms with van der Waals surface area (Å²) in [4.78, 5) is 0. The van der Waals surface area contributed by atoms with Crippen LogP contribution < -0.4 is 0 Å². The zero-order chi connectivity index (χ0) is 7.54. The molecule has 0 rings (SSSR count). The molecule has 9 heavy (non-hydrogen) atoms. The molecule has 0 aromatic rings. The van der Waals surface area contributed by atoms with Gasteiger partial charge in [0.2, 0.25) is 0 Å². The first-order valence-electron chi connectivity index (χ1n) is 2.82. The van der Waals surface area contributed by atoms with Gasteiger partial charge in [-0.25, -0.2) is 0 Å². The molecule has 0 aliphatic carbocycles. The van der Waals surface area contributed by atoms with Crippen molar-refractivity contribution >= 4 is 11.6 Å². The van der Waals surface area contributed by atoms with Crippen molar-refractivity contribution in [1.82, 2.24) is 0 Å². The van der Waals surface area contributed by atoms with Crippen LogP contribution in [0.15, 0.2) is 36.9 Å². The van der Waals surface area contributed by atoms with E-state index in [9.17, 15) is 0 Å². The second-order valence-electron chi connectivity index (χ2n) is 1.24. The first-order valence-corrected chi connectivity index (χ1v) is 3.25. The highest BCUT2D eigenvalue weighted by Gasteiger charge is 1.53. The van der Waals surface area contributed by atoms with Gasteiger partial charge in [-0.3, -0.25) is 0 Å². The summed E-state index contributed by atoms with van der Waals surface area (Å²) in [5.41, 5.74) is 1.53. The van der Waals surface area contributed by atoms with Crippen LogP contribution in [0.5, 0.6) is 0 Å². The third-order valence-electron chi connectivity index (χ3n) is 0.491. The highest BCUT2D eigenvalue weighted by Crippen LogP contribution is 1.80. The lowest BCUT2D eigenvalue weighted by atomic mass is 10.5. The third-order valence-corrected chi connectivity index (χ3v) is 0.670. The predicted octanol–water partition coefficient (Wildman–Crippen LogP) is 3.51. The molecule has 0 N–H and O–H groups in total. The van der Waals surface area contributed by atoms with E-state index in [0.29, 0.717) is 0 Å². The van der Waals surface area contributed by atoms with Crippen LogP contribution in [0.3, 0.4) is 0 Å². The van der Waals surface area contributed by atoms with Gasteiger partial charge >= 0.3 is 0 Å². The predicted molar refractivity (Wildman–Crippen MR) is 45.7 cm³/mol. The van der Waals surface area contributed by atoms with Crippen LogP contribution in [0.25, 0.3) is 0 Å². The molecule has 0 saturated carbocycles. The van der Waals surface area contributed by atoms with E-state index in [2.05, 4.69) is 13.2 Å². The van der Waals surface area contributed by atoms with Gasteiger partial charge in [-0.1, -0.05) is 49.9 Å². The Morgan fingerprint density at radius 3 is 1.78 bits per heavy atom. The molecule has 0 radical (unpaired) electrons. The van der Waals surface area contributed by atoms with Gasteiger partial charge in [-0.05, 0) is 6.42 Å². The second-order valence-corrected chi connectivity index (χ2v) is 1.49. The Bertz CT molecular complexity index is 76.6. The van der Waals surface area contributed by atoms with Gasteiger partial charge in [-0.2, -0.15) is 0 Å². The molecule has 0 unspecified atom stereocenters. The second kappa shape index (κ2) is 15.6. The fourth-order valence-corrected chi connectivity index (χ4v) is 0.267. The normalized spacial score (nSPS) is 7.78. The summed E-state index contributed by atoms with van der Waals surface area (Å²) in [5.74, 6) is 0. The molecule has 0 spiro atoms. The monoisotopic (exact) mass is 144 g/mol. The smallest absolute Gasteiger partial charge is 0.000235 e. The van der Waals surface area contributed by atoms with Gasteiger partial charge < -0.3 is 0 Å². The van der Waals surface area contributed by atoms with E-state index in [0.717, 1.165) is 6.42 Å². The molecular weight excluding hydrogens is 132 g/mol. The largest absolute Gasteiger partial charge is 0.0991 e. The van der Waals surface area contributed by atoms with E-state index < -0.39 is 0 Å². The molecule has 0 nitrogen and oxygen atoms in total. The lowest BCUT2D eigenvalue weighted by molar-refractivity contribution is 1.23. The molecule has 0 fully saturated rings. The minimum Gasteiger partial charge on any atom is -0.0991 e. The van der Waals surface area contributed by atoms with E-state index in [-0.39, 0.29) is 0 Å². The minimum atomic E-state index is 1.03. The molecular formula is C8H13Cl. The molecule has 0 saturated heterocycles. The lowest BCUT2D eigenvalue weighted by Crippen LogP contribution is -1.41. The molecule has 0 amide bonds. The Balaban J connectivity index is 0. The van der Waals surface area contributed by atoms with Crippen LogP contribution >= 0.6 is 11.6 Å². The maximum absolute atomic E-state index is 5.12. The van der Waals surface area contributed by atoms with Crippen molar-refractivity contribution in [3.8, 4) is 0 Å². The molecule has 52 valence electrons. The van der Waals surface area contributed by atoms with E-state index in [4.69, 9.17) is 11.6 Å². The summed E-state index contributed by atoms with van der Waals surface area (Å²) in [5, 5.41) is 0. The summed E-state index contributed by atoms with van der Waals surface area (Å²) >= 11 is 5.12. The SMILES string of the molecule is C=CC=C.CC/C=C/Cl. The van der Waals surface area contributed by atoms with Crippen molar-refractivity contribution < 1.29 is 0 Å². The average molecular weight is 145 g/mol. The van der Waals surface area contributed by atoms with Crippen LogP contribution in [0.1, 0.15) is 13.3 Å². The van der Waals surface area contributed by atoms with Crippen molar-refractivity contribution in [3.05, 3.63) is 36.9 Å². The highest BCUT2D eigenvalue weighted by molar-refractivity contribution is 6.25. The molecule has 0 aromatic heterocycles. The molecule has 0 atom stereocenters. The van der Waals surface area contributed by atoms with Crippen molar-refractivity contribution in [2.75, 3.05) is 0 Å². The van der Waals surface area contributed by atoms with E-state index in [1.807, 2.05) is 13.0 Å². The number of rotatable bonds is 2. The Kier molecular flexibility index (Phi) is 19.7. The van der Waals surface area contributed by atoms with Gasteiger partial charge in [0.05, 0.1) is 0 Å². The lowest BCUT2D eigenvalue weighted by Gasteiger charge is -1.63. The van der Waals surface area contributed by atoms with E-state index in [1.165, 1.54) is 5.54 Å². The fraction of sp³-hybridized carbons (Fsp3) is 0.250. The van der Waals surface area contributed by atoms with Crippen LogP contribution in [0.4, 0.5) is 0 Å². The molecule has 1 heteroatoms. The van der Waals surface area contributed by atoms with E-state index >= 15 is 0 Å². The zero-order valence-corrected chi connectivity index (χ0v) is 6.56. The number of allylic oxidation sites excluding steroid dienone is 3. The number of halogens is 1. The summed E-state index contributed by atoms with van der Waals surface area (Å²) < 4.78 is 0. The van der Waals surface area contributed by atoms with Crippen LogP contribution in [-0.2, 0) is 0 Å². The maximum Gasteiger partial charge on any atom is 0.000235 e. The van der Waals surface area contributed by atoms with E-state index in [1.54, 1.807) is 12.2 Å². The molecule has 0 bridgehead atoms. The minimum absolute atomic E-state index is 1.03. The van der Waals surface area contributed by atoms with Gasteiger partial charge in [0, 0.05) is 5.54 Å². The van der Waals surface area contributed by atoms with Gasteiger partial charge in [0.15, 0.2) is 0 Å². The Labute approximate surface area is 62.5 Å². The number of hydrogen-bond acceptors (Lipinski definition) is 0. The quantitative estimate of drug-likeness (QED) is 0.521. The van der Waals surface area contributed by atoms with Gasteiger partial charge in [0.25, 0.3) is 0 Å². The molecule has 0 heterocycles. The summed E-state index contributed by atoms with van der Waals surface area (Å²) in [7, 11) is 0. The first kappa shape index (κ1) is 11.3. The molecule has 0 aliphatic rings. The highest BCUT2D eigenvalue weighted by atomic mass is 35.5. The Morgan fingerprint density at radius 1 is 1.33 bits per heavy atom.